The van der Waals surface area contributed by atoms with Gasteiger partial charge in [-0.15, -0.1) is 0 Å². The molecule has 2 heteroatoms. The molecule has 0 aliphatic carbocycles. The average Bonchev–Trinajstić information content (AvgIpc) is 2.21. The summed E-state index contributed by atoms with van der Waals surface area (Å²) in [6.45, 7) is 5.27. The second-order valence-corrected chi connectivity index (χ2v) is 4.00. The van der Waals surface area contributed by atoms with E-state index in [1.807, 2.05) is 0 Å². The summed E-state index contributed by atoms with van der Waals surface area (Å²) >= 11 is 0. The van der Waals surface area contributed by atoms with Crippen LogP contribution in [0.15, 0.2) is 11.6 Å². The molecular weight excluding hydrogens is 188 g/mol. The molecule has 0 heterocycles. The Kier molecular flexibility index (Phi) is 10.9. The van der Waals surface area contributed by atoms with E-state index in [-0.39, 0.29) is 0 Å². The number of unbranched alkanes of at least 4 members (excludes halogenated alkanes) is 2. The maximum absolute atomic E-state index is 4.86. The van der Waals surface area contributed by atoms with Crippen LogP contribution in [-0.4, -0.2) is 17.1 Å². The Labute approximate surface area is 92.5 Å². The molecule has 0 aromatic rings. The molecule has 0 aromatic heterocycles. The van der Waals surface area contributed by atoms with E-state index < -0.39 is 0 Å². The zero-order valence-corrected chi connectivity index (χ0v) is 10.6. The highest BCUT2D eigenvalue weighted by molar-refractivity contribution is 5.97. The first kappa shape index (κ1) is 13.9. The average molecular weight is 211 g/mol. The fourth-order valence-electron chi connectivity index (χ4n) is 1.46. The van der Waals surface area contributed by atoms with E-state index in [0.717, 1.165) is 13.0 Å². The van der Waals surface area contributed by atoms with E-state index in [0.29, 0.717) is 0 Å². The van der Waals surface area contributed by atoms with Crippen LogP contribution >= 0.6 is 0 Å². The van der Waals surface area contributed by atoms with Gasteiger partial charge in [-0.05, 0) is 32.1 Å². The molecule has 14 heavy (non-hydrogen) atoms. The van der Waals surface area contributed by atoms with Gasteiger partial charge in [-0.3, -0.25) is 0 Å². The Morgan fingerprint density at radius 3 is 2.14 bits per heavy atom. The molecule has 0 aliphatic heterocycles. The van der Waals surface area contributed by atoms with Crippen molar-refractivity contribution >= 4 is 10.5 Å². The van der Waals surface area contributed by atoms with Crippen molar-refractivity contribution in [3.8, 4) is 0 Å². The molecule has 0 fully saturated rings. The molecule has 0 rings (SSSR count). The molecule has 1 nitrogen and oxygen atoms in total. The van der Waals surface area contributed by atoms with Crippen LogP contribution in [0.25, 0.3) is 0 Å². The molecule has 0 spiro atoms. The molecule has 3 radical (unpaired) electrons. The third-order valence-corrected chi connectivity index (χ3v) is 2.56. The topological polar surface area (TPSA) is 9.23 Å². The van der Waals surface area contributed by atoms with Crippen molar-refractivity contribution in [2.24, 2.45) is 0 Å². The lowest BCUT2D eigenvalue weighted by atomic mass is 10.0. The standard InChI is InChI=1S/C12H23OSi/c1-3-5-8-12(9-6-4-2)10-7-11-13-14/h10H,3-9,11H2,1-2H3. The van der Waals surface area contributed by atoms with Gasteiger partial charge in [-0.25, -0.2) is 0 Å². The first-order valence-electron chi connectivity index (χ1n) is 5.81. The van der Waals surface area contributed by atoms with Crippen molar-refractivity contribution in [3.63, 3.8) is 0 Å². The number of rotatable bonds is 9. The number of hydrogen-bond acceptors (Lipinski definition) is 1. The highest BCUT2D eigenvalue weighted by Crippen LogP contribution is 2.15. The summed E-state index contributed by atoms with van der Waals surface area (Å²) in [6, 6.07) is 0. The zero-order valence-electron chi connectivity index (χ0n) is 9.64. The van der Waals surface area contributed by atoms with Gasteiger partial charge in [0.05, 0.1) is 0 Å². The van der Waals surface area contributed by atoms with Crippen LogP contribution < -0.4 is 0 Å². The minimum absolute atomic E-state index is 0.776. The van der Waals surface area contributed by atoms with Gasteiger partial charge in [0, 0.05) is 6.61 Å². The minimum atomic E-state index is 0.776. The lowest BCUT2D eigenvalue weighted by Gasteiger charge is -2.06. The predicted octanol–water partition coefficient (Wildman–Crippen LogP) is 3.78. The van der Waals surface area contributed by atoms with E-state index in [1.54, 1.807) is 5.57 Å². The molecular formula is C12H23OSi. The first-order chi connectivity index (χ1) is 6.85. The maximum atomic E-state index is 4.86. The lowest BCUT2D eigenvalue weighted by Crippen LogP contribution is -1.90. The highest BCUT2D eigenvalue weighted by atomic mass is 28.2. The predicted molar refractivity (Wildman–Crippen MR) is 63.5 cm³/mol. The van der Waals surface area contributed by atoms with Crippen LogP contribution in [-0.2, 0) is 4.43 Å². The zero-order chi connectivity index (χ0) is 10.6. The molecule has 0 unspecified atom stereocenters. The van der Waals surface area contributed by atoms with E-state index in [9.17, 15) is 0 Å². The largest absolute Gasteiger partial charge is 0.418 e. The minimum Gasteiger partial charge on any atom is -0.418 e. The summed E-state index contributed by atoms with van der Waals surface area (Å²) in [5.41, 5.74) is 1.62. The van der Waals surface area contributed by atoms with E-state index >= 15 is 0 Å². The summed E-state index contributed by atoms with van der Waals surface area (Å²) in [5.74, 6) is 0. The molecule has 0 N–H and O–H groups in total. The van der Waals surface area contributed by atoms with Gasteiger partial charge in [0.25, 0.3) is 0 Å². The van der Waals surface area contributed by atoms with Crippen molar-refractivity contribution in [2.45, 2.75) is 58.8 Å². The van der Waals surface area contributed by atoms with Gasteiger partial charge in [-0.2, -0.15) is 0 Å². The van der Waals surface area contributed by atoms with Crippen molar-refractivity contribution in [1.82, 2.24) is 0 Å². The SMILES string of the molecule is CCCCC(=CCCO[Si])CCCC. The lowest BCUT2D eigenvalue weighted by molar-refractivity contribution is 0.357. The maximum Gasteiger partial charge on any atom is 0.246 e. The summed E-state index contributed by atoms with van der Waals surface area (Å²) < 4.78 is 4.86. The van der Waals surface area contributed by atoms with Crippen molar-refractivity contribution in [2.75, 3.05) is 6.61 Å². The smallest absolute Gasteiger partial charge is 0.246 e. The Morgan fingerprint density at radius 1 is 1.14 bits per heavy atom. The second-order valence-electron chi connectivity index (χ2n) is 3.71. The van der Waals surface area contributed by atoms with Gasteiger partial charge in [0.15, 0.2) is 0 Å². The fraction of sp³-hybridized carbons (Fsp3) is 0.833. The quantitative estimate of drug-likeness (QED) is 0.320. The van der Waals surface area contributed by atoms with Crippen LogP contribution in [0.5, 0.6) is 0 Å². The molecule has 0 bridgehead atoms. The van der Waals surface area contributed by atoms with Gasteiger partial charge in [-0.1, -0.05) is 38.3 Å². The summed E-state index contributed by atoms with van der Waals surface area (Å²) in [7, 11) is 3.02. The monoisotopic (exact) mass is 211 g/mol. The van der Waals surface area contributed by atoms with Crippen LogP contribution in [0, 0.1) is 0 Å². The van der Waals surface area contributed by atoms with Gasteiger partial charge in [0.2, 0.25) is 10.5 Å². The molecule has 0 aromatic carbocycles. The van der Waals surface area contributed by atoms with Crippen LogP contribution in [0.2, 0.25) is 0 Å². The van der Waals surface area contributed by atoms with Gasteiger partial charge < -0.3 is 4.43 Å². The fourth-order valence-corrected chi connectivity index (χ4v) is 1.58. The Morgan fingerprint density at radius 2 is 1.71 bits per heavy atom. The van der Waals surface area contributed by atoms with Crippen LogP contribution in [0.4, 0.5) is 0 Å². The van der Waals surface area contributed by atoms with Gasteiger partial charge >= 0.3 is 0 Å². The second kappa shape index (κ2) is 11.0. The molecule has 0 saturated carbocycles. The summed E-state index contributed by atoms with van der Waals surface area (Å²) in [5, 5.41) is 0. The van der Waals surface area contributed by atoms with Crippen molar-refractivity contribution in [3.05, 3.63) is 11.6 Å². The summed E-state index contributed by atoms with van der Waals surface area (Å²) in [6.07, 6.45) is 11.2. The molecule has 0 atom stereocenters. The van der Waals surface area contributed by atoms with E-state index in [1.165, 1.54) is 38.5 Å². The Hall–Kier alpha value is -0.0831. The Bertz CT molecular complexity index is 133. The van der Waals surface area contributed by atoms with Gasteiger partial charge in [0.1, 0.15) is 0 Å². The normalized spacial score (nSPS) is 10.2. The van der Waals surface area contributed by atoms with Crippen LogP contribution in [0.1, 0.15) is 58.8 Å². The summed E-state index contributed by atoms with van der Waals surface area (Å²) in [4.78, 5) is 0. The molecule has 0 saturated heterocycles. The first-order valence-corrected chi connectivity index (χ1v) is 6.22. The number of allylic oxidation sites excluding steroid dienone is 1. The van der Waals surface area contributed by atoms with Crippen molar-refractivity contribution < 1.29 is 4.43 Å². The van der Waals surface area contributed by atoms with Crippen LogP contribution in [0.3, 0.4) is 0 Å². The van der Waals surface area contributed by atoms with E-state index in [4.69, 9.17) is 4.43 Å². The van der Waals surface area contributed by atoms with E-state index in [2.05, 4.69) is 30.4 Å². The highest BCUT2D eigenvalue weighted by Gasteiger charge is 1.96. The number of hydrogen-bond donors (Lipinski definition) is 0. The molecule has 0 amide bonds. The van der Waals surface area contributed by atoms with Crippen molar-refractivity contribution in [1.29, 1.82) is 0 Å². The third kappa shape index (κ3) is 8.51. The molecule has 81 valence electrons. The molecule has 0 aliphatic rings. The Balaban J connectivity index is 3.75. The third-order valence-electron chi connectivity index (χ3n) is 2.36.